The molecule has 3 amide bonds. The number of nitrogens with one attached hydrogen (secondary N) is 1. The molecule has 3 heterocycles. The summed E-state index contributed by atoms with van der Waals surface area (Å²) in [6.45, 7) is 4.61. The molecule has 1 N–H and O–H groups in total. The first kappa shape index (κ1) is 21.2. The van der Waals surface area contributed by atoms with Gasteiger partial charge in [0, 0.05) is 43.9 Å². The highest BCUT2D eigenvalue weighted by molar-refractivity contribution is 5.93. The molecular formula is C23H30N4O4. The Labute approximate surface area is 182 Å². The van der Waals surface area contributed by atoms with Crippen LogP contribution in [0.4, 0.5) is 10.5 Å². The zero-order valence-corrected chi connectivity index (χ0v) is 18.2. The van der Waals surface area contributed by atoms with Crippen LogP contribution in [0.2, 0.25) is 0 Å². The summed E-state index contributed by atoms with van der Waals surface area (Å²) in [5.74, 6) is 1.99. The summed E-state index contributed by atoms with van der Waals surface area (Å²) in [5.41, 5.74) is 1.14. The number of piperidine rings is 2. The fraction of sp³-hybridized carbons (Fsp3) is 0.522. The molecule has 8 nitrogen and oxygen atoms in total. The maximum Gasteiger partial charge on any atom is 0.321 e. The Kier molecular flexibility index (Phi) is 6.44. The summed E-state index contributed by atoms with van der Waals surface area (Å²) in [6.07, 6.45) is 4.78. The van der Waals surface area contributed by atoms with E-state index in [-0.39, 0.29) is 17.9 Å². The number of rotatable bonds is 4. The van der Waals surface area contributed by atoms with Gasteiger partial charge in [-0.2, -0.15) is 0 Å². The third-order valence-electron chi connectivity index (χ3n) is 6.11. The van der Waals surface area contributed by atoms with Gasteiger partial charge in [-0.05, 0) is 51.2 Å². The van der Waals surface area contributed by atoms with Gasteiger partial charge < -0.3 is 24.3 Å². The van der Waals surface area contributed by atoms with E-state index in [2.05, 4.69) is 10.3 Å². The molecule has 2 aliphatic heterocycles. The zero-order chi connectivity index (χ0) is 21.8. The minimum atomic E-state index is -0.128. The lowest BCUT2D eigenvalue weighted by Gasteiger charge is -2.30. The highest BCUT2D eigenvalue weighted by atomic mass is 16.5. The Balaban J connectivity index is 1.34. The number of anilines is 1. The predicted molar refractivity (Wildman–Crippen MR) is 117 cm³/mol. The van der Waals surface area contributed by atoms with Crippen molar-refractivity contribution in [3.05, 3.63) is 41.6 Å². The Morgan fingerprint density at radius 1 is 1.10 bits per heavy atom. The van der Waals surface area contributed by atoms with Crippen LogP contribution in [0.15, 0.2) is 28.7 Å². The molecular weight excluding hydrogens is 396 g/mol. The van der Waals surface area contributed by atoms with Crippen LogP contribution in [0.3, 0.4) is 0 Å². The Hall–Kier alpha value is -3.03. The van der Waals surface area contributed by atoms with E-state index in [1.807, 2.05) is 30.0 Å². The first-order valence-electron chi connectivity index (χ1n) is 11.0. The number of nitrogens with zero attached hydrogens (tertiary/aromatic N) is 3. The van der Waals surface area contributed by atoms with E-state index < -0.39 is 0 Å². The molecule has 4 rings (SSSR count). The average Bonchev–Trinajstić information content (AvgIpc) is 3.21. The number of carbonyl (C=O) groups excluding carboxylic acids is 2. The molecule has 8 heteroatoms. The number of amides is 3. The fourth-order valence-electron chi connectivity index (χ4n) is 4.27. The number of aromatic nitrogens is 1. The minimum absolute atomic E-state index is 0.0256. The number of oxazole rings is 1. The third-order valence-corrected chi connectivity index (χ3v) is 6.11. The standard InChI is InChI=1S/C23H30N4O4/c1-16-20(22(28)26-11-4-3-5-12-26)25-21(31-16)17-9-13-27(14-10-17)23(29)24-18-7-6-8-19(15-18)30-2/h6-8,15,17H,3-5,9-14H2,1-2H3,(H,24,29). The van der Waals surface area contributed by atoms with Gasteiger partial charge in [0.05, 0.1) is 7.11 Å². The first-order valence-corrected chi connectivity index (χ1v) is 11.0. The monoisotopic (exact) mass is 426 g/mol. The average molecular weight is 427 g/mol. The predicted octanol–water partition coefficient (Wildman–Crippen LogP) is 4.03. The lowest BCUT2D eigenvalue weighted by atomic mass is 9.97. The molecule has 0 unspecified atom stereocenters. The molecule has 31 heavy (non-hydrogen) atoms. The van der Waals surface area contributed by atoms with Crippen LogP contribution in [-0.4, -0.2) is 60.0 Å². The van der Waals surface area contributed by atoms with E-state index >= 15 is 0 Å². The Morgan fingerprint density at radius 2 is 1.84 bits per heavy atom. The largest absolute Gasteiger partial charge is 0.497 e. The molecule has 0 radical (unpaired) electrons. The van der Waals surface area contributed by atoms with Crippen molar-refractivity contribution in [1.82, 2.24) is 14.8 Å². The molecule has 2 aromatic rings. The van der Waals surface area contributed by atoms with Gasteiger partial charge in [-0.25, -0.2) is 9.78 Å². The van der Waals surface area contributed by atoms with Crippen LogP contribution in [0, 0.1) is 6.92 Å². The van der Waals surface area contributed by atoms with Crippen LogP contribution >= 0.6 is 0 Å². The number of hydrogen-bond donors (Lipinski definition) is 1. The maximum atomic E-state index is 12.8. The minimum Gasteiger partial charge on any atom is -0.497 e. The van der Waals surface area contributed by atoms with Crippen molar-refractivity contribution in [3.63, 3.8) is 0 Å². The van der Waals surface area contributed by atoms with Gasteiger partial charge in [-0.1, -0.05) is 6.07 Å². The van der Waals surface area contributed by atoms with E-state index in [1.165, 1.54) is 6.42 Å². The molecule has 2 saturated heterocycles. The summed E-state index contributed by atoms with van der Waals surface area (Å²) in [4.78, 5) is 33.7. The van der Waals surface area contributed by atoms with Crippen LogP contribution in [0.5, 0.6) is 5.75 Å². The second-order valence-electron chi connectivity index (χ2n) is 8.23. The first-order chi connectivity index (χ1) is 15.0. The Bertz CT molecular complexity index is 927. The summed E-state index contributed by atoms with van der Waals surface area (Å²) in [6, 6.07) is 7.18. The van der Waals surface area contributed by atoms with Crippen LogP contribution < -0.4 is 10.1 Å². The molecule has 0 atom stereocenters. The summed E-state index contributed by atoms with van der Waals surface area (Å²) >= 11 is 0. The highest BCUT2D eigenvalue weighted by Gasteiger charge is 2.30. The van der Waals surface area contributed by atoms with Crippen LogP contribution in [0.25, 0.3) is 0 Å². The van der Waals surface area contributed by atoms with Crippen molar-refractivity contribution < 1.29 is 18.7 Å². The smallest absolute Gasteiger partial charge is 0.321 e. The SMILES string of the molecule is COc1cccc(NC(=O)N2CCC(c3nc(C(=O)N4CCCCC4)c(C)o3)CC2)c1. The number of ether oxygens (including phenoxy) is 1. The Morgan fingerprint density at radius 3 is 2.55 bits per heavy atom. The number of likely N-dealkylation sites (tertiary alicyclic amines) is 2. The molecule has 0 saturated carbocycles. The summed E-state index contributed by atoms with van der Waals surface area (Å²) in [5, 5.41) is 2.92. The number of benzene rings is 1. The van der Waals surface area contributed by atoms with Crippen molar-refractivity contribution in [2.45, 2.75) is 44.9 Å². The summed E-state index contributed by atoms with van der Waals surface area (Å²) in [7, 11) is 1.60. The van der Waals surface area contributed by atoms with Gasteiger partial charge in [0.1, 0.15) is 11.5 Å². The van der Waals surface area contributed by atoms with Gasteiger partial charge in [-0.3, -0.25) is 4.79 Å². The number of hydrogen-bond acceptors (Lipinski definition) is 5. The topological polar surface area (TPSA) is 87.9 Å². The van der Waals surface area contributed by atoms with Gasteiger partial charge >= 0.3 is 6.03 Å². The van der Waals surface area contributed by atoms with E-state index in [4.69, 9.17) is 9.15 Å². The van der Waals surface area contributed by atoms with Gasteiger partial charge in [-0.15, -0.1) is 0 Å². The molecule has 2 fully saturated rings. The molecule has 0 bridgehead atoms. The molecule has 1 aromatic carbocycles. The van der Waals surface area contributed by atoms with E-state index in [0.29, 0.717) is 41.9 Å². The second-order valence-corrected chi connectivity index (χ2v) is 8.23. The van der Waals surface area contributed by atoms with Crippen molar-refractivity contribution in [1.29, 1.82) is 0 Å². The number of carbonyl (C=O) groups is 2. The van der Waals surface area contributed by atoms with Crippen molar-refractivity contribution in [3.8, 4) is 5.75 Å². The lowest BCUT2D eigenvalue weighted by Crippen LogP contribution is -2.40. The van der Waals surface area contributed by atoms with Crippen molar-refractivity contribution in [2.75, 3.05) is 38.6 Å². The molecule has 0 aliphatic carbocycles. The summed E-state index contributed by atoms with van der Waals surface area (Å²) < 4.78 is 11.1. The van der Waals surface area contributed by atoms with Gasteiger partial charge in [0.2, 0.25) is 0 Å². The molecule has 2 aliphatic rings. The number of aryl methyl sites for hydroxylation is 1. The molecule has 1 aromatic heterocycles. The van der Waals surface area contributed by atoms with E-state index in [9.17, 15) is 9.59 Å². The highest BCUT2D eigenvalue weighted by Crippen LogP contribution is 2.30. The maximum absolute atomic E-state index is 12.8. The number of urea groups is 1. The normalized spacial score (nSPS) is 17.5. The lowest BCUT2D eigenvalue weighted by molar-refractivity contribution is 0.0717. The zero-order valence-electron chi connectivity index (χ0n) is 18.2. The van der Waals surface area contributed by atoms with E-state index in [1.54, 1.807) is 18.1 Å². The third kappa shape index (κ3) is 4.84. The molecule has 166 valence electrons. The van der Waals surface area contributed by atoms with Crippen molar-refractivity contribution in [2.24, 2.45) is 0 Å². The van der Waals surface area contributed by atoms with Gasteiger partial charge in [0.25, 0.3) is 5.91 Å². The fourth-order valence-corrected chi connectivity index (χ4v) is 4.27. The van der Waals surface area contributed by atoms with Crippen molar-refractivity contribution >= 4 is 17.6 Å². The molecule has 0 spiro atoms. The van der Waals surface area contributed by atoms with Crippen LogP contribution in [-0.2, 0) is 0 Å². The second kappa shape index (κ2) is 9.41. The number of methoxy groups -OCH3 is 1. The van der Waals surface area contributed by atoms with Gasteiger partial charge in [0.15, 0.2) is 11.6 Å². The quantitative estimate of drug-likeness (QED) is 0.798. The van der Waals surface area contributed by atoms with Crippen LogP contribution in [0.1, 0.15) is 60.2 Å². The van der Waals surface area contributed by atoms with E-state index in [0.717, 1.165) is 38.8 Å².